The van der Waals surface area contributed by atoms with Crippen LogP contribution in [0, 0.1) is 0 Å². The van der Waals surface area contributed by atoms with E-state index in [1.54, 1.807) is 6.26 Å². The first-order chi connectivity index (χ1) is 4.43. The molecular weight excluding hydrogens is 120 g/mol. The van der Waals surface area contributed by atoms with Gasteiger partial charge in [0.15, 0.2) is 0 Å². The van der Waals surface area contributed by atoms with Gasteiger partial charge in [-0.05, 0) is 6.42 Å². The molecule has 3 nitrogen and oxygen atoms in total. The van der Waals surface area contributed by atoms with Crippen LogP contribution in [0.3, 0.4) is 0 Å². The maximum Gasteiger partial charge on any atom is 0.229 e. The quantitative estimate of drug-likeness (QED) is 0.608. The Balaban J connectivity index is 2.11. The SMILES string of the molecule is OCCCC1=COCO1. The number of hydrogen-bond donors (Lipinski definition) is 1. The first-order valence-corrected chi connectivity index (χ1v) is 2.98. The lowest BCUT2D eigenvalue weighted by molar-refractivity contribution is 0.0768. The molecule has 0 saturated heterocycles. The highest BCUT2D eigenvalue weighted by Gasteiger charge is 2.03. The molecule has 0 atom stereocenters. The normalized spacial score (nSPS) is 16.3. The predicted molar refractivity (Wildman–Crippen MR) is 31.4 cm³/mol. The van der Waals surface area contributed by atoms with Gasteiger partial charge in [-0.2, -0.15) is 0 Å². The molecule has 0 aromatic rings. The van der Waals surface area contributed by atoms with Gasteiger partial charge in [0.25, 0.3) is 0 Å². The summed E-state index contributed by atoms with van der Waals surface area (Å²) in [5.74, 6) is 0.837. The van der Waals surface area contributed by atoms with Crippen molar-refractivity contribution in [2.24, 2.45) is 0 Å². The topological polar surface area (TPSA) is 38.7 Å². The summed E-state index contributed by atoms with van der Waals surface area (Å²) in [5.41, 5.74) is 0. The lowest BCUT2D eigenvalue weighted by Crippen LogP contribution is -1.88. The van der Waals surface area contributed by atoms with E-state index in [9.17, 15) is 0 Å². The van der Waals surface area contributed by atoms with E-state index in [1.165, 1.54) is 0 Å². The lowest BCUT2D eigenvalue weighted by Gasteiger charge is -1.96. The van der Waals surface area contributed by atoms with Gasteiger partial charge in [0.1, 0.15) is 12.0 Å². The summed E-state index contributed by atoms with van der Waals surface area (Å²) in [6, 6.07) is 0. The molecule has 0 amide bonds. The maximum absolute atomic E-state index is 8.40. The predicted octanol–water partition coefficient (Wildman–Crippen LogP) is 0.605. The fourth-order valence-electron chi connectivity index (χ4n) is 0.655. The van der Waals surface area contributed by atoms with Crippen LogP contribution in [0.5, 0.6) is 0 Å². The minimum atomic E-state index is 0.209. The second kappa shape index (κ2) is 3.35. The first-order valence-electron chi connectivity index (χ1n) is 2.98. The molecule has 1 N–H and O–H groups in total. The summed E-state index contributed by atoms with van der Waals surface area (Å²) in [6.07, 6.45) is 3.11. The molecule has 0 unspecified atom stereocenters. The van der Waals surface area contributed by atoms with Crippen molar-refractivity contribution in [2.75, 3.05) is 13.4 Å². The molecule has 0 radical (unpaired) electrons. The Morgan fingerprint density at radius 3 is 3.11 bits per heavy atom. The molecule has 9 heavy (non-hydrogen) atoms. The zero-order chi connectivity index (χ0) is 6.53. The van der Waals surface area contributed by atoms with E-state index >= 15 is 0 Å². The van der Waals surface area contributed by atoms with E-state index < -0.39 is 0 Å². The molecule has 0 saturated carbocycles. The van der Waals surface area contributed by atoms with Gasteiger partial charge in [-0.15, -0.1) is 0 Å². The Morgan fingerprint density at radius 1 is 1.67 bits per heavy atom. The number of hydrogen-bond acceptors (Lipinski definition) is 3. The fourth-order valence-corrected chi connectivity index (χ4v) is 0.655. The van der Waals surface area contributed by atoms with Crippen LogP contribution in [0.15, 0.2) is 12.0 Å². The van der Waals surface area contributed by atoms with Gasteiger partial charge >= 0.3 is 0 Å². The van der Waals surface area contributed by atoms with Crippen molar-refractivity contribution < 1.29 is 14.6 Å². The van der Waals surface area contributed by atoms with Crippen LogP contribution in [-0.4, -0.2) is 18.5 Å². The van der Waals surface area contributed by atoms with Crippen molar-refractivity contribution in [2.45, 2.75) is 12.8 Å². The number of ether oxygens (including phenoxy) is 2. The zero-order valence-electron chi connectivity index (χ0n) is 5.17. The van der Waals surface area contributed by atoms with Gasteiger partial charge in [-0.25, -0.2) is 0 Å². The number of aliphatic hydroxyl groups excluding tert-OH is 1. The molecule has 1 rings (SSSR count). The molecule has 0 spiro atoms. The van der Waals surface area contributed by atoms with E-state index in [1.807, 2.05) is 0 Å². The molecule has 1 heterocycles. The van der Waals surface area contributed by atoms with Crippen LogP contribution < -0.4 is 0 Å². The van der Waals surface area contributed by atoms with E-state index in [2.05, 4.69) is 0 Å². The summed E-state index contributed by atoms with van der Waals surface area (Å²) in [7, 11) is 0. The van der Waals surface area contributed by atoms with E-state index in [0.29, 0.717) is 6.79 Å². The molecule has 52 valence electrons. The first kappa shape index (κ1) is 6.42. The third-order valence-electron chi connectivity index (χ3n) is 1.11. The highest BCUT2D eigenvalue weighted by atomic mass is 16.7. The molecule has 0 fully saturated rings. The monoisotopic (exact) mass is 130 g/mol. The summed E-state index contributed by atoms with van der Waals surface area (Å²) in [4.78, 5) is 0. The molecule has 0 aromatic carbocycles. The van der Waals surface area contributed by atoms with E-state index in [0.717, 1.165) is 18.6 Å². The Labute approximate surface area is 53.9 Å². The Hall–Kier alpha value is -0.700. The van der Waals surface area contributed by atoms with Crippen LogP contribution >= 0.6 is 0 Å². The fraction of sp³-hybridized carbons (Fsp3) is 0.667. The number of allylic oxidation sites excluding steroid dienone is 1. The van der Waals surface area contributed by atoms with Crippen LogP contribution in [0.2, 0.25) is 0 Å². The third-order valence-corrected chi connectivity index (χ3v) is 1.11. The van der Waals surface area contributed by atoms with Gasteiger partial charge in [-0.3, -0.25) is 0 Å². The van der Waals surface area contributed by atoms with E-state index in [4.69, 9.17) is 14.6 Å². The highest BCUT2D eigenvalue weighted by Crippen LogP contribution is 2.11. The standard InChI is InChI=1S/C6H10O3/c7-3-1-2-6-4-8-5-9-6/h4,7H,1-3,5H2. The summed E-state index contributed by atoms with van der Waals surface area (Å²) >= 11 is 0. The lowest BCUT2D eigenvalue weighted by atomic mass is 10.3. The number of rotatable bonds is 3. The van der Waals surface area contributed by atoms with Crippen molar-refractivity contribution in [1.29, 1.82) is 0 Å². The second-order valence-electron chi connectivity index (χ2n) is 1.84. The molecule has 0 aromatic heterocycles. The highest BCUT2D eigenvalue weighted by molar-refractivity contribution is 4.89. The summed E-state index contributed by atoms with van der Waals surface area (Å²) in [5, 5.41) is 8.40. The van der Waals surface area contributed by atoms with Crippen LogP contribution in [0.1, 0.15) is 12.8 Å². The van der Waals surface area contributed by atoms with Gasteiger partial charge in [0.2, 0.25) is 6.79 Å². The Morgan fingerprint density at radius 2 is 2.56 bits per heavy atom. The zero-order valence-corrected chi connectivity index (χ0v) is 5.17. The smallest absolute Gasteiger partial charge is 0.229 e. The van der Waals surface area contributed by atoms with Gasteiger partial charge in [-0.1, -0.05) is 0 Å². The molecule has 3 heteroatoms. The van der Waals surface area contributed by atoms with Crippen molar-refractivity contribution >= 4 is 0 Å². The third kappa shape index (κ3) is 1.93. The minimum Gasteiger partial charge on any atom is -0.462 e. The molecule has 0 aliphatic carbocycles. The Kier molecular flexibility index (Phi) is 2.39. The van der Waals surface area contributed by atoms with Crippen LogP contribution in [0.25, 0.3) is 0 Å². The average molecular weight is 130 g/mol. The van der Waals surface area contributed by atoms with Crippen molar-refractivity contribution in [1.82, 2.24) is 0 Å². The van der Waals surface area contributed by atoms with Gasteiger partial charge in [0.05, 0.1) is 0 Å². The van der Waals surface area contributed by atoms with Crippen molar-refractivity contribution in [3.05, 3.63) is 12.0 Å². The molecule has 0 bridgehead atoms. The number of aliphatic hydroxyl groups is 1. The minimum absolute atomic E-state index is 0.209. The summed E-state index contributed by atoms with van der Waals surface area (Å²) in [6.45, 7) is 0.543. The van der Waals surface area contributed by atoms with Gasteiger partial charge in [0, 0.05) is 13.0 Å². The van der Waals surface area contributed by atoms with Crippen molar-refractivity contribution in [3.8, 4) is 0 Å². The second-order valence-corrected chi connectivity index (χ2v) is 1.84. The summed E-state index contributed by atoms with van der Waals surface area (Å²) < 4.78 is 9.77. The Bertz CT molecular complexity index is 109. The average Bonchev–Trinajstić information content (AvgIpc) is 2.34. The molecule has 1 aliphatic heterocycles. The van der Waals surface area contributed by atoms with Crippen LogP contribution in [0.4, 0.5) is 0 Å². The van der Waals surface area contributed by atoms with Crippen LogP contribution in [-0.2, 0) is 9.47 Å². The maximum atomic E-state index is 8.40. The largest absolute Gasteiger partial charge is 0.462 e. The molecular formula is C6H10O3. The molecule has 1 aliphatic rings. The van der Waals surface area contributed by atoms with Gasteiger partial charge < -0.3 is 14.6 Å². The van der Waals surface area contributed by atoms with E-state index in [-0.39, 0.29) is 6.61 Å². The van der Waals surface area contributed by atoms with Crippen molar-refractivity contribution in [3.63, 3.8) is 0 Å².